The molecule has 110 valence electrons. The zero-order valence-corrected chi connectivity index (χ0v) is 12.5. The number of carbonyl (C=O) groups is 1. The van der Waals surface area contributed by atoms with Gasteiger partial charge in [-0.2, -0.15) is 0 Å². The average Bonchev–Trinajstić information content (AvgIpc) is 2.48. The minimum atomic E-state index is -0.786. The maximum absolute atomic E-state index is 11.3. The molecule has 1 N–H and O–H groups in total. The number of hydrogen-bond donors (Lipinski definition) is 1. The van der Waals surface area contributed by atoms with Crippen LogP contribution < -0.4 is 0 Å². The van der Waals surface area contributed by atoms with E-state index in [0.29, 0.717) is 11.5 Å². The summed E-state index contributed by atoms with van der Waals surface area (Å²) in [5.41, 5.74) is 1.55. The van der Waals surface area contributed by atoms with Crippen molar-refractivity contribution in [3.8, 4) is 0 Å². The largest absolute Gasteiger partial charge is 0.478 e. The molecule has 0 saturated heterocycles. The summed E-state index contributed by atoms with van der Waals surface area (Å²) in [7, 11) is 0. The topological polar surface area (TPSA) is 37.3 Å². The molecule has 2 nitrogen and oxygen atoms in total. The Morgan fingerprint density at radius 3 is 2.50 bits per heavy atom. The van der Waals surface area contributed by atoms with Crippen molar-refractivity contribution in [1.29, 1.82) is 0 Å². The third kappa shape index (κ3) is 3.84. The molecule has 0 aromatic heterocycles. The van der Waals surface area contributed by atoms with E-state index in [1.54, 1.807) is 6.07 Å². The number of carboxylic acids is 1. The van der Waals surface area contributed by atoms with E-state index in [9.17, 15) is 9.90 Å². The molecule has 0 spiro atoms. The second-order valence-electron chi connectivity index (χ2n) is 6.11. The van der Waals surface area contributed by atoms with Crippen LogP contribution in [0.15, 0.2) is 24.3 Å². The molecule has 0 amide bonds. The summed E-state index contributed by atoms with van der Waals surface area (Å²) in [5, 5.41) is 9.29. The second kappa shape index (κ2) is 7.47. The van der Waals surface area contributed by atoms with Crippen molar-refractivity contribution in [2.75, 3.05) is 0 Å². The van der Waals surface area contributed by atoms with Gasteiger partial charge in [-0.1, -0.05) is 50.8 Å². The number of unbranched alkanes of at least 4 members (excludes halogenated alkanes) is 2. The number of aromatic carboxylic acids is 1. The lowest BCUT2D eigenvalue weighted by molar-refractivity contribution is 0.0694. The average molecular weight is 274 g/mol. The first kappa shape index (κ1) is 15.1. The molecule has 1 aromatic rings. The van der Waals surface area contributed by atoms with Crippen molar-refractivity contribution in [2.24, 2.45) is 5.92 Å². The monoisotopic (exact) mass is 274 g/mol. The van der Waals surface area contributed by atoms with Crippen LogP contribution >= 0.6 is 0 Å². The normalized spacial score (nSPS) is 22.6. The van der Waals surface area contributed by atoms with Gasteiger partial charge in [0.2, 0.25) is 0 Å². The molecule has 1 aliphatic rings. The maximum atomic E-state index is 11.3. The number of hydrogen-bond acceptors (Lipinski definition) is 1. The first-order chi connectivity index (χ1) is 9.72. The summed E-state index contributed by atoms with van der Waals surface area (Å²) >= 11 is 0. The highest BCUT2D eigenvalue weighted by molar-refractivity contribution is 5.89. The van der Waals surface area contributed by atoms with Crippen molar-refractivity contribution in [2.45, 2.75) is 64.2 Å². The Balaban J connectivity index is 1.92. The predicted octanol–water partition coefficient (Wildman–Crippen LogP) is 5.24. The second-order valence-corrected chi connectivity index (χ2v) is 6.11. The molecule has 0 radical (unpaired) electrons. The summed E-state index contributed by atoms with van der Waals surface area (Å²) in [6.07, 6.45) is 10.2. The highest BCUT2D eigenvalue weighted by atomic mass is 16.4. The summed E-state index contributed by atoms with van der Waals surface area (Å²) in [5.74, 6) is 0.533. The zero-order chi connectivity index (χ0) is 14.4. The molecule has 0 atom stereocenters. The van der Waals surface area contributed by atoms with Crippen LogP contribution in [-0.4, -0.2) is 11.1 Å². The van der Waals surface area contributed by atoms with E-state index in [0.717, 1.165) is 24.3 Å². The van der Waals surface area contributed by atoms with E-state index in [-0.39, 0.29) is 0 Å². The lowest BCUT2D eigenvalue weighted by Gasteiger charge is -2.29. The molecule has 0 heterocycles. The van der Waals surface area contributed by atoms with E-state index >= 15 is 0 Å². The zero-order valence-electron chi connectivity index (χ0n) is 12.5. The minimum Gasteiger partial charge on any atom is -0.478 e. The fourth-order valence-corrected chi connectivity index (χ4v) is 3.49. The first-order valence-corrected chi connectivity index (χ1v) is 8.04. The SMILES string of the molecule is CCCCC[C@H]1CC[C@H](c2ccccc2C(=O)O)CC1. The van der Waals surface area contributed by atoms with Crippen molar-refractivity contribution < 1.29 is 9.90 Å². The third-order valence-electron chi connectivity index (χ3n) is 4.69. The van der Waals surface area contributed by atoms with E-state index in [1.807, 2.05) is 18.2 Å². The minimum absolute atomic E-state index is 0.449. The molecule has 20 heavy (non-hydrogen) atoms. The number of carboxylic acid groups (broad SMARTS) is 1. The van der Waals surface area contributed by atoms with Gasteiger partial charge in [0.25, 0.3) is 0 Å². The summed E-state index contributed by atoms with van der Waals surface area (Å²) in [6.45, 7) is 2.25. The van der Waals surface area contributed by atoms with Gasteiger partial charge >= 0.3 is 5.97 Å². The molecule has 1 saturated carbocycles. The van der Waals surface area contributed by atoms with Crippen LogP contribution in [0.25, 0.3) is 0 Å². The standard InChI is InChI=1S/C18H26O2/c1-2-3-4-7-14-10-12-15(13-11-14)16-8-5-6-9-17(16)18(19)20/h5-6,8-9,14-15H,2-4,7,10-13H2,1H3,(H,19,20)/t14-,15-. The Bertz CT molecular complexity index is 431. The summed E-state index contributed by atoms with van der Waals surface area (Å²) in [4.78, 5) is 11.3. The number of rotatable bonds is 6. The van der Waals surface area contributed by atoms with Gasteiger partial charge in [0.15, 0.2) is 0 Å². The highest BCUT2D eigenvalue weighted by Crippen LogP contribution is 2.38. The molecule has 2 rings (SSSR count). The van der Waals surface area contributed by atoms with E-state index in [4.69, 9.17) is 0 Å². The van der Waals surface area contributed by atoms with Gasteiger partial charge in [-0.15, -0.1) is 0 Å². The Hall–Kier alpha value is -1.31. The van der Waals surface area contributed by atoms with Gasteiger partial charge in [-0.3, -0.25) is 0 Å². The quantitative estimate of drug-likeness (QED) is 0.720. The molecule has 2 heteroatoms. The van der Waals surface area contributed by atoms with Crippen LogP contribution in [0.5, 0.6) is 0 Å². The van der Waals surface area contributed by atoms with Crippen LogP contribution in [0, 0.1) is 5.92 Å². The maximum Gasteiger partial charge on any atom is 0.335 e. The van der Waals surface area contributed by atoms with E-state index in [2.05, 4.69) is 6.92 Å². The van der Waals surface area contributed by atoms with Gasteiger partial charge in [-0.25, -0.2) is 4.79 Å². The first-order valence-electron chi connectivity index (χ1n) is 8.04. The molecule has 1 aliphatic carbocycles. The lowest BCUT2D eigenvalue weighted by Crippen LogP contribution is -2.15. The van der Waals surface area contributed by atoms with Crippen LogP contribution in [0.1, 0.15) is 80.1 Å². The Morgan fingerprint density at radius 1 is 1.15 bits per heavy atom. The van der Waals surface area contributed by atoms with Gasteiger partial charge < -0.3 is 5.11 Å². The van der Waals surface area contributed by atoms with Gasteiger partial charge in [0, 0.05) is 0 Å². The fraction of sp³-hybridized carbons (Fsp3) is 0.611. The Morgan fingerprint density at radius 2 is 1.85 bits per heavy atom. The third-order valence-corrected chi connectivity index (χ3v) is 4.69. The molecule has 0 aliphatic heterocycles. The summed E-state index contributed by atoms with van der Waals surface area (Å²) in [6, 6.07) is 7.54. The highest BCUT2D eigenvalue weighted by Gasteiger charge is 2.24. The molecule has 1 fully saturated rings. The van der Waals surface area contributed by atoms with Crippen molar-refractivity contribution in [3.05, 3.63) is 35.4 Å². The van der Waals surface area contributed by atoms with Crippen LogP contribution in [0.2, 0.25) is 0 Å². The Kier molecular flexibility index (Phi) is 5.63. The molecule has 0 bridgehead atoms. The van der Waals surface area contributed by atoms with Crippen LogP contribution in [0.3, 0.4) is 0 Å². The van der Waals surface area contributed by atoms with Gasteiger partial charge in [0.05, 0.1) is 5.56 Å². The Labute approximate surface area is 122 Å². The molecular weight excluding hydrogens is 248 g/mol. The number of benzene rings is 1. The van der Waals surface area contributed by atoms with E-state index in [1.165, 1.54) is 38.5 Å². The summed E-state index contributed by atoms with van der Waals surface area (Å²) < 4.78 is 0. The van der Waals surface area contributed by atoms with Crippen LogP contribution in [-0.2, 0) is 0 Å². The smallest absolute Gasteiger partial charge is 0.335 e. The van der Waals surface area contributed by atoms with Gasteiger partial charge in [-0.05, 0) is 49.1 Å². The van der Waals surface area contributed by atoms with E-state index < -0.39 is 5.97 Å². The fourth-order valence-electron chi connectivity index (χ4n) is 3.49. The van der Waals surface area contributed by atoms with Crippen molar-refractivity contribution >= 4 is 5.97 Å². The van der Waals surface area contributed by atoms with Crippen molar-refractivity contribution in [3.63, 3.8) is 0 Å². The molecule has 1 aromatic carbocycles. The van der Waals surface area contributed by atoms with Crippen molar-refractivity contribution in [1.82, 2.24) is 0 Å². The predicted molar refractivity (Wildman–Crippen MR) is 82.2 cm³/mol. The molecular formula is C18H26O2. The van der Waals surface area contributed by atoms with Gasteiger partial charge in [0.1, 0.15) is 0 Å². The molecule has 0 unspecified atom stereocenters. The lowest BCUT2D eigenvalue weighted by atomic mass is 9.76. The van der Waals surface area contributed by atoms with Crippen LogP contribution in [0.4, 0.5) is 0 Å².